The van der Waals surface area contributed by atoms with E-state index in [1.807, 2.05) is 19.1 Å². The zero-order valence-corrected chi connectivity index (χ0v) is 12.2. The van der Waals surface area contributed by atoms with Gasteiger partial charge in [0.2, 0.25) is 0 Å². The fourth-order valence-corrected chi connectivity index (χ4v) is 2.91. The third-order valence-corrected chi connectivity index (χ3v) is 4.38. The molecule has 1 aromatic rings. The molecule has 0 bridgehead atoms. The molecule has 1 atom stereocenters. The zero-order chi connectivity index (χ0) is 13.7. The van der Waals surface area contributed by atoms with Gasteiger partial charge < -0.3 is 5.32 Å². The van der Waals surface area contributed by atoms with Crippen molar-refractivity contribution in [3.8, 4) is 0 Å². The van der Waals surface area contributed by atoms with E-state index < -0.39 is 0 Å². The number of hydrogen-bond donors (Lipinski definition) is 1. The summed E-state index contributed by atoms with van der Waals surface area (Å²) >= 11 is 0. The average Bonchev–Trinajstić information content (AvgIpc) is 2.67. The Kier molecular flexibility index (Phi) is 5.38. The molecule has 19 heavy (non-hydrogen) atoms. The van der Waals surface area contributed by atoms with Gasteiger partial charge in [0.15, 0.2) is 0 Å². The van der Waals surface area contributed by atoms with Gasteiger partial charge in [0, 0.05) is 6.04 Å². The van der Waals surface area contributed by atoms with Crippen molar-refractivity contribution in [2.24, 2.45) is 5.92 Å². The summed E-state index contributed by atoms with van der Waals surface area (Å²) in [7, 11) is 0. The Morgan fingerprint density at radius 1 is 1.21 bits per heavy atom. The third kappa shape index (κ3) is 4.31. The summed E-state index contributed by atoms with van der Waals surface area (Å²) in [6.45, 7) is 5.00. The second kappa shape index (κ2) is 7.04. The molecular weight excluding hydrogens is 237 g/mol. The molecular formula is C17H26FN. The predicted octanol–water partition coefficient (Wildman–Crippen LogP) is 4.76. The molecule has 0 aromatic heterocycles. The van der Waals surface area contributed by atoms with Crippen molar-refractivity contribution < 1.29 is 4.39 Å². The van der Waals surface area contributed by atoms with Crippen molar-refractivity contribution in [2.45, 2.75) is 58.4 Å². The van der Waals surface area contributed by atoms with Gasteiger partial charge in [-0.15, -0.1) is 0 Å². The fraction of sp³-hybridized carbons (Fsp3) is 0.647. The highest BCUT2D eigenvalue weighted by molar-refractivity contribution is 5.25. The molecule has 1 N–H and O–H groups in total. The van der Waals surface area contributed by atoms with Crippen molar-refractivity contribution in [1.29, 1.82) is 0 Å². The number of hydrogen-bond acceptors (Lipinski definition) is 1. The summed E-state index contributed by atoms with van der Waals surface area (Å²) in [5, 5.41) is 3.58. The molecule has 2 rings (SSSR count). The van der Waals surface area contributed by atoms with Crippen LogP contribution in [-0.4, -0.2) is 6.54 Å². The monoisotopic (exact) mass is 263 g/mol. The van der Waals surface area contributed by atoms with E-state index in [-0.39, 0.29) is 11.9 Å². The Morgan fingerprint density at radius 3 is 2.53 bits per heavy atom. The van der Waals surface area contributed by atoms with Crippen LogP contribution in [0.15, 0.2) is 18.2 Å². The zero-order valence-electron chi connectivity index (χ0n) is 12.2. The highest BCUT2D eigenvalue weighted by Crippen LogP contribution is 2.23. The number of benzene rings is 1. The lowest BCUT2D eigenvalue weighted by Crippen LogP contribution is -2.25. The van der Waals surface area contributed by atoms with Crippen molar-refractivity contribution in [2.75, 3.05) is 6.54 Å². The van der Waals surface area contributed by atoms with Crippen molar-refractivity contribution in [3.63, 3.8) is 0 Å². The molecule has 106 valence electrons. The molecule has 0 radical (unpaired) electrons. The van der Waals surface area contributed by atoms with Crippen LogP contribution in [0.4, 0.5) is 4.39 Å². The van der Waals surface area contributed by atoms with Crippen LogP contribution in [0.1, 0.15) is 62.6 Å². The van der Waals surface area contributed by atoms with Gasteiger partial charge in [-0.3, -0.25) is 0 Å². The van der Waals surface area contributed by atoms with Gasteiger partial charge in [-0.1, -0.05) is 37.8 Å². The van der Waals surface area contributed by atoms with Gasteiger partial charge in [0.05, 0.1) is 0 Å². The molecule has 0 heterocycles. The molecule has 0 amide bonds. The number of aryl methyl sites for hydroxylation is 1. The minimum atomic E-state index is -0.0967. The molecule has 1 nitrogen and oxygen atoms in total. The summed E-state index contributed by atoms with van der Waals surface area (Å²) in [4.78, 5) is 0. The number of rotatable bonds is 4. The van der Waals surface area contributed by atoms with Gasteiger partial charge in [-0.05, 0) is 56.3 Å². The topological polar surface area (TPSA) is 12.0 Å². The van der Waals surface area contributed by atoms with Gasteiger partial charge in [0.1, 0.15) is 5.82 Å². The third-order valence-electron chi connectivity index (χ3n) is 4.38. The van der Waals surface area contributed by atoms with E-state index in [0.717, 1.165) is 23.6 Å². The van der Waals surface area contributed by atoms with E-state index in [1.165, 1.54) is 38.5 Å². The highest BCUT2D eigenvalue weighted by Gasteiger charge is 2.14. The van der Waals surface area contributed by atoms with E-state index in [2.05, 4.69) is 12.2 Å². The maximum atomic E-state index is 13.6. The molecule has 1 aliphatic carbocycles. The SMILES string of the molecule is Cc1ccc(C(C)NCC2CCCCCC2)cc1F. The Balaban J connectivity index is 1.85. The summed E-state index contributed by atoms with van der Waals surface area (Å²) in [6.07, 6.45) is 8.24. The van der Waals surface area contributed by atoms with Crippen molar-refractivity contribution in [1.82, 2.24) is 5.32 Å². The molecule has 1 fully saturated rings. The highest BCUT2D eigenvalue weighted by atomic mass is 19.1. The first-order valence-electron chi connectivity index (χ1n) is 7.66. The lowest BCUT2D eigenvalue weighted by Gasteiger charge is -2.20. The van der Waals surface area contributed by atoms with Crippen LogP contribution in [-0.2, 0) is 0 Å². The summed E-state index contributed by atoms with van der Waals surface area (Å²) in [5.41, 5.74) is 1.77. The van der Waals surface area contributed by atoms with Crippen LogP contribution < -0.4 is 5.32 Å². The Bertz CT molecular complexity index is 394. The minimum Gasteiger partial charge on any atom is -0.310 e. The maximum absolute atomic E-state index is 13.6. The van der Waals surface area contributed by atoms with E-state index in [4.69, 9.17) is 0 Å². The largest absolute Gasteiger partial charge is 0.310 e. The standard InChI is InChI=1S/C17H26FN/c1-13-9-10-16(11-17(13)18)14(2)19-12-15-7-5-3-4-6-8-15/h9-11,14-15,19H,3-8,12H2,1-2H3. The van der Waals surface area contributed by atoms with Crippen LogP contribution in [0.3, 0.4) is 0 Å². The first-order valence-corrected chi connectivity index (χ1v) is 7.66. The van der Waals surface area contributed by atoms with Crippen LogP contribution in [0, 0.1) is 18.7 Å². The first-order chi connectivity index (χ1) is 9.16. The first kappa shape index (κ1) is 14.5. The van der Waals surface area contributed by atoms with Crippen LogP contribution >= 0.6 is 0 Å². The minimum absolute atomic E-state index is 0.0967. The molecule has 0 aliphatic heterocycles. The molecule has 2 heteroatoms. The van der Waals surface area contributed by atoms with Crippen LogP contribution in [0.25, 0.3) is 0 Å². The van der Waals surface area contributed by atoms with Crippen molar-refractivity contribution in [3.05, 3.63) is 35.1 Å². The van der Waals surface area contributed by atoms with E-state index in [0.29, 0.717) is 0 Å². The Hall–Kier alpha value is -0.890. The molecule has 1 aromatic carbocycles. The lowest BCUT2D eigenvalue weighted by molar-refractivity contribution is 0.402. The van der Waals surface area contributed by atoms with E-state index in [9.17, 15) is 4.39 Å². The van der Waals surface area contributed by atoms with E-state index in [1.54, 1.807) is 6.07 Å². The molecule has 1 unspecified atom stereocenters. The average molecular weight is 263 g/mol. The Morgan fingerprint density at radius 2 is 1.89 bits per heavy atom. The normalized spacial score (nSPS) is 19.1. The number of nitrogens with one attached hydrogen (secondary N) is 1. The second-order valence-electron chi connectivity index (χ2n) is 6.00. The quantitative estimate of drug-likeness (QED) is 0.773. The van der Waals surface area contributed by atoms with Crippen LogP contribution in [0.5, 0.6) is 0 Å². The summed E-state index contributed by atoms with van der Waals surface area (Å²) in [6, 6.07) is 5.80. The molecule has 1 aliphatic rings. The smallest absolute Gasteiger partial charge is 0.126 e. The fourth-order valence-electron chi connectivity index (χ4n) is 2.91. The van der Waals surface area contributed by atoms with Crippen LogP contribution in [0.2, 0.25) is 0 Å². The number of halogens is 1. The van der Waals surface area contributed by atoms with Gasteiger partial charge >= 0.3 is 0 Å². The van der Waals surface area contributed by atoms with Gasteiger partial charge in [-0.25, -0.2) is 4.39 Å². The summed E-state index contributed by atoms with van der Waals surface area (Å²) in [5.74, 6) is 0.709. The summed E-state index contributed by atoms with van der Waals surface area (Å²) < 4.78 is 13.6. The lowest BCUT2D eigenvalue weighted by atomic mass is 9.99. The van der Waals surface area contributed by atoms with E-state index >= 15 is 0 Å². The maximum Gasteiger partial charge on any atom is 0.126 e. The second-order valence-corrected chi connectivity index (χ2v) is 6.00. The van der Waals surface area contributed by atoms with Gasteiger partial charge in [-0.2, -0.15) is 0 Å². The molecule has 0 spiro atoms. The van der Waals surface area contributed by atoms with Gasteiger partial charge in [0.25, 0.3) is 0 Å². The molecule has 1 saturated carbocycles. The van der Waals surface area contributed by atoms with Crippen molar-refractivity contribution >= 4 is 0 Å². The predicted molar refractivity (Wildman–Crippen MR) is 78.7 cm³/mol. The molecule has 0 saturated heterocycles. The Labute approximate surface area is 116 Å².